The maximum absolute atomic E-state index is 12.0. The highest BCUT2D eigenvalue weighted by molar-refractivity contribution is 5.83. The van der Waals surface area contributed by atoms with Crippen molar-refractivity contribution in [2.24, 2.45) is 0 Å². The van der Waals surface area contributed by atoms with Gasteiger partial charge >= 0.3 is 0 Å². The highest BCUT2D eigenvalue weighted by Crippen LogP contribution is 2.17. The molecule has 92 valence electrons. The number of aryl methyl sites for hydroxylation is 1. The van der Waals surface area contributed by atoms with E-state index in [0.717, 1.165) is 10.9 Å². The van der Waals surface area contributed by atoms with Crippen molar-refractivity contribution in [2.45, 2.75) is 6.92 Å². The Morgan fingerprint density at radius 2 is 1.95 bits per heavy atom. The van der Waals surface area contributed by atoms with Crippen molar-refractivity contribution in [3.63, 3.8) is 0 Å². The zero-order valence-electron chi connectivity index (χ0n) is 10.2. The van der Waals surface area contributed by atoms with Crippen LogP contribution in [0.5, 0.6) is 0 Å². The first-order chi connectivity index (χ1) is 9.24. The molecule has 0 unspecified atom stereocenters. The molecule has 0 radical (unpaired) electrons. The van der Waals surface area contributed by atoms with Crippen LogP contribution in [0, 0.1) is 6.92 Å². The predicted molar refractivity (Wildman–Crippen MR) is 72.5 cm³/mol. The maximum Gasteiger partial charge on any atom is 0.275 e. The monoisotopic (exact) mass is 250 g/mol. The van der Waals surface area contributed by atoms with Gasteiger partial charge in [0, 0.05) is 11.8 Å². The lowest BCUT2D eigenvalue weighted by Crippen LogP contribution is -2.14. The van der Waals surface area contributed by atoms with Gasteiger partial charge in [0.05, 0.1) is 5.52 Å². The third kappa shape index (κ3) is 1.32. The zero-order valence-corrected chi connectivity index (χ0v) is 10.2. The topological polar surface area (TPSA) is 51.7 Å². The number of fused-ring (bicyclic) bond motifs is 5. The van der Waals surface area contributed by atoms with Gasteiger partial charge in [-0.15, -0.1) is 5.10 Å². The van der Waals surface area contributed by atoms with Crippen molar-refractivity contribution in [3.05, 3.63) is 58.5 Å². The SMILES string of the molecule is Cc1cc(=O)n2nc3ccc4ccccc4n3c2n1. The van der Waals surface area contributed by atoms with E-state index < -0.39 is 0 Å². The summed E-state index contributed by atoms with van der Waals surface area (Å²) in [5, 5.41) is 5.40. The molecule has 3 heterocycles. The van der Waals surface area contributed by atoms with Crippen LogP contribution in [0.3, 0.4) is 0 Å². The second kappa shape index (κ2) is 3.41. The Morgan fingerprint density at radius 1 is 1.11 bits per heavy atom. The molecule has 0 atom stereocenters. The first kappa shape index (κ1) is 10.3. The van der Waals surface area contributed by atoms with Gasteiger partial charge in [0.25, 0.3) is 5.56 Å². The van der Waals surface area contributed by atoms with Crippen LogP contribution in [0.25, 0.3) is 22.3 Å². The minimum Gasteiger partial charge on any atom is -0.267 e. The molecular weight excluding hydrogens is 240 g/mol. The molecule has 0 amide bonds. The highest BCUT2D eigenvalue weighted by Gasteiger charge is 2.10. The summed E-state index contributed by atoms with van der Waals surface area (Å²) in [6, 6.07) is 13.4. The smallest absolute Gasteiger partial charge is 0.267 e. The first-order valence-electron chi connectivity index (χ1n) is 6.01. The lowest BCUT2D eigenvalue weighted by molar-refractivity contribution is 0.897. The average molecular weight is 250 g/mol. The zero-order chi connectivity index (χ0) is 13.0. The largest absolute Gasteiger partial charge is 0.275 e. The minimum absolute atomic E-state index is 0.157. The quantitative estimate of drug-likeness (QED) is 0.478. The van der Waals surface area contributed by atoms with E-state index in [9.17, 15) is 4.79 Å². The summed E-state index contributed by atoms with van der Waals surface area (Å²) >= 11 is 0. The lowest BCUT2D eigenvalue weighted by atomic mass is 10.2. The Hall–Kier alpha value is -2.69. The molecule has 0 fully saturated rings. The fourth-order valence-corrected chi connectivity index (χ4v) is 2.40. The van der Waals surface area contributed by atoms with Crippen LogP contribution in [0.2, 0.25) is 0 Å². The van der Waals surface area contributed by atoms with Crippen LogP contribution in [0.4, 0.5) is 0 Å². The number of nitrogens with zero attached hydrogens (tertiary/aromatic N) is 4. The predicted octanol–water partition coefficient (Wildman–Crippen LogP) is 1.80. The molecule has 4 aromatic rings. The fourth-order valence-electron chi connectivity index (χ4n) is 2.40. The highest BCUT2D eigenvalue weighted by atomic mass is 16.1. The number of hydrogen-bond acceptors (Lipinski definition) is 3. The number of para-hydroxylation sites is 1. The molecule has 1 aromatic carbocycles. The third-order valence-electron chi connectivity index (χ3n) is 3.23. The molecule has 0 bridgehead atoms. The summed E-state index contributed by atoms with van der Waals surface area (Å²) in [4.78, 5) is 16.4. The molecule has 0 aliphatic carbocycles. The number of hydrogen-bond donors (Lipinski definition) is 0. The maximum atomic E-state index is 12.0. The van der Waals surface area contributed by atoms with E-state index in [-0.39, 0.29) is 5.56 Å². The van der Waals surface area contributed by atoms with Crippen molar-refractivity contribution < 1.29 is 0 Å². The van der Waals surface area contributed by atoms with Crippen LogP contribution in [0.1, 0.15) is 5.69 Å². The van der Waals surface area contributed by atoms with Crippen molar-refractivity contribution in [1.82, 2.24) is 19.0 Å². The molecule has 3 aromatic heterocycles. The van der Waals surface area contributed by atoms with E-state index in [1.165, 1.54) is 10.6 Å². The molecular formula is C14H10N4O. The molecule has 0 saturated carbocycles. The van der Waals surface area contributed by atoms with Crippen molar-refractivity contribution in [3.8, 4) is 0 Å². The van der Waals surface area contributed by atoms with Crippen LogP contribution >= 0.6 is 0 Å². The van der Waals surface area contributed by atoms with E-state index in [0.29, 0.717) is 17.1 Å². The Labute approximate surface area is 107 Å². The van der Waals surface area contributed by atoms with Crippen molar-refractivity contribution in [2.75, 3.05) is 0 Å². The van der Waals surface area contributed by atoms with E-state index in [2.05, 4.69) is 10.1 Å². The molecule has 0 saturated heterocycles. The summed E-state index contributed by atoms with van der Waals surface area (Å²) in [5.74, 6) is 0.553. The van der Waals surface area contributed by atoms with Gasteiger partial charge in [-0.1, -0.05) is 18.2 Å². The van der Waals surface area contributed by atoms with Crippen molar-refractivity contribution in [1.29, 1.82) is 0 Å². The first-order valence-corrected chi connectivity index (χ1v) is 6.01. The molecule has 5 nitrogen and oxygen atoms in total. The number of aromatic nitrogens is 4. The third-order valence-corrected chi connectivity index (χ3v) is 3.23. The standard InChI is InChI=1S/C14H10N4O/c1-9-8-13(19)18-14(15-9)17-11-5-3-2-4-10(11)6-7-12(17)16-18/h2-8H,1H3. The Kier molecular flexibility index (Phi) is 1.84. The number of pyridine rings is 1. The molecule has 0 N–H and O–H groups in total. The Bertz CT molecular complexity index is 997. The minimum atomic E-state index is -0.157. The lowest BCUT2D eigenvalue weighted by Gasteiger charge is -2.01. The van der Waals surface area contributed by atoms with E-state index in [1.807, 2.05) is 47.7 Å². The summed E-state index contributed by atoms with van der Waals surface area (Å²) < 4.78 is 3.25. The van der Waals surface area contributed by atoms with Gasteiger partial charge in [0.15, 0.2) is 5.65 Å². The van der Waals surface area contributed by atoms with Gasteiger partial charge in [-0.05, 0) is 30.5 Å². The Balaban J connectivity index is 2.39. The van der Waals surface area contributed by atoms with Crippen LogP contribution in [0.15, 0.2) is 47.3 Å². The van der Waals surface area contributed by atoms with Gasteiger partial charge < -0.3 is 0 Å². The summed E-state index contributed by atoms with van der Waals surface area (Å²) in [7, 11) is 0. The summed E-state index contributed by atoms with van der Waals surface area (Å²) in [6.45, 7) is 1.81. The van der Waals surface area contributed by atoms with Gasteiger partial charge in [0.2, 0.25) is 5.78 Å². The van der Waals surface area contributed by atoms with E-state index >= 15 is 0 Å². The average Bonchev–Trinajstić information content (AvgIpc) is 2.78. The number of benzene rings is 1. The van der Waals surface area contributed by atoms with Crippen LogP contribution < -0.4 is 5.56 Å². The van der Waals surface area contributed by atoms with Crippen LogP contribution in [-0.2, 0) is 0 Å². The second-order valence-corrected chi connectivity index (χ2v) is 4.53. The normalized spacial score (nSPS) is 11.6. The van der Waals surface area contributed by atoms with Crippen LogP contribution in [-0.4, -0.2) is 19.0 Å². The number of rotatable bonds is 0. The van der Waals surface area contributed by atoms with Crippen molar-refractivity contribution >= 4 is 22.3 Å². The summed E-state index contributed by atoms with van der Waals surface area (Å²) in [5.41, 5.74) is 2.25. The molecule has 4 rings (SSSR count). The molecule has 19 heavy (non-hydrogen) atoms. The Morgan fingerprint density at radius 3 is 2.84 bits per heavy atom. The van der Waals surface area contributed by atoms with Gasteiger partial charge in [-0.25, -0.2) is 4.98 Å². The molecule has 5 heteroatoms. The summed E-state index contributed by atoms with van der Waals surface area (Å²) in [6.07, 6.45) is 0. The molecule has 0 aliphatic heterocycles. The van der Waals surface area contributed by atoms with E-state index in [1.54, 1.807) is 0 Å². The second-order valence-electron chi connectivity index (χ2n) is 4.53. The molecule has 0 spiro atoms. The van der Waals surface area contributed by atoms with Gasteiger partial charge in [0.1, 0.15) is 0 Å². The van der Waals surface area contributed by atoms with E-state index in [4.69, 9.17) is 0 Å². The van der Waals surface area contributed by atoms with Gasteiger partial charge in [-0.2, -0.15) is 4.52 Å². The fraction of sp³-hybridized carbons (Fsp3) is 0.0714. The van der Waals surface area contributed by atoms with Gasteiger partial charge in [-0.3, -0.25) is 9.20 Å². The molecule has 0 aliphatic rings.